The zero-order valence-electron chi connectivity index (χ0n) is 14.6. The maximum atomic E-state index is 11.8. The van der Waals surface area contributed by atoms with Crippen LogP contribution in [0.25, 0.3) is 0 Å². The Bertz CT molecular complexity index is 411. The van der Waals surface area contributed by atoms with Crippen LogP contribution in [0.5, 0.6) is 0 Å². The highest BCUT2D eigenvalue weighted by Crippen LogP contribution is 2.27. The van der Waals surface area contributed by atoms with Crippen molar-refractivity contribution in [1.29, 1.82) is 0 Å². The molecule has 0 bridgehead atoms. The summed E-state index contributed by atoms with van der Waals surface area (Å²) in [6.07, 6.45) is 2.63. The van der Waals surface area contributed by atoms with Gasteiger partial charge in [-0.05, 0) is 19.8 Å². The van der Waals surface area contributed by atoms with Gasteiger partial charge in [0.25, 0.3) is 0 Å². The summed E-state index contributed by atoms with van der Waals surface area (Å²) in [5.41, 5.74) is 0.155. The Kier molecular flexibility index (Phi) is 8.60. The predicted molar refractivity (Wildman–Crippen MR) is 103 cm³/mol. The van der Waals surface area contributed by atoms with Gasteiger partial charge in [-0.25, -0.2) is 0 Å². The van der Waals surface area contributed by atoms with Crippen LogP contribution in [0.3, 0.4) is 0 Å². The molecule has 0 aromatic heterocycles. The minimum atomic E-state index is 0. The first-order valence-electron chi connectivity index (χ1n) is 8.46. The molecular formula is C16H31IN4O2. The molecule has 23 heavy (non-hydrogen) atoms. The van der Waals surface area contributed by atoms with E-state index in [0.29, 0.717) is 12.5 Å². The molecule has 2 fully saturated rings. The van der Waals surface area contributed by atoms with Crippen molar-refractivity contribution in [2.75, 3.05) is 39.4 Å². The maximum absolute atomic E-state index is 11.8. The smallest absolute Gasteiger partial charge is 0.222 e. The predicted octanol–water partition coefficient (Wildman–Crippen LogP) is 1.60. The summed E-state index contributed by atoms with van der Waals surface area (Å²) in [5, 5.41) is 6.77. The molecule has 6 nitrogen and oxygen atoms in total. The molecule has 7 heteroatoms. The van der Waals surface area contributed by atoms with Gasteiger partial charge in [-0.3, -0.25) is 9.79 Å². The van der Waals surface area contributed by atoms with Crippen LogP contribution in [0.2, 0.25) is 0 Å². The molecular weight excluding hydrogens is 407 g/mol. The van der Waals surface area contributed by atoms with Crippen LogP contribution in [-0.4, -0.2) is 62.2 Å². The number of nitrogens with zero attached hydrogens (tertiary/aromatic N) is 2. The number of halogens is 1. The lowest BCUT2D eigenvalue weighted by Crippen LogP contribution is -2.45. The van der Waals surface area contributed by atoms with Crippen LogP contribution in [0.1, 0.15) is 40.0 Å². The van der Waals surface area contributed by atoms with Crippen molar-refractivity contribution in [2.24, 2.45) is 10.4 Å². The minimum Gasteiger partial charge on any atom is -0.381 e. The zero-order valence-corrected chi connectivity index (χ0v) is 16.9. The second-order valence-corrected chi connectivity index (χ2v) is 6.63. The Balaban J connectivity index is 0.00000264. The summed E-state index contributed by atoms with van der Waals surface area (Å²) in [4.78, 5) is 18.4. The summed E-state index contributed by atoms with van der Waals surface area (Å²) >= 11 is 0. The first-order chi connectivity index (χ1) is 10.6. The Hall–Kier alpha value is -0.570. The van der Waals surface area contributed by atoms with Crippen LogP contribution in [-0.2, 0) is 9.53 Å². The van der Waals surface area contributed by atoms with E-state index in [1.165, 1.54) is 0 Å². The largest absolute Gasteiger partial charge is 0.381 e. The van der Waals surface area contributed by atoms with Gasteiger partial charge < -0.3 is 20.3 Å². The summed E-state index contributed by atoms with van der Waals surface area (Å²) in [5.74, 6) is 1.09. The maximum Gasteiger partial charge on any atom is 0.222 e. The number of carbonyl (C=O) groups excluding carboxylic acids is 1. The third-order valence-corrected chi connectivity index (χ3v) is 4.45. The number of amides is 1. The molecule has 2 atom stereocenters. The van der Waals surface area contributed by atoms with E-state index in [9.17, 15) is 4.79 Å². The number of carbonyl (C=O) groups is 1. The first kappa shape index (κ1) is 20.5. The fourth-order valence-corrected chi connectivity index (χ4v) is 2.95. The molecule has 1 amide bonds. The van der Waals surface area contributed by atoms with Gasteiger partial charge >= 0.3 is 0 Å². The average Bonchev–Trinajstić information content (AvgIpc) is 3.14. The number of guanidine groups is 1. The first-order valence-corrected chi connectivity index (χ1v) is 8.46. The Morgan fingerprint density at radius 1 is 1.43 bits per heavy atom. The van der Waals surface area contributed by atoms with E-state index in [2.05, 4.69) is 24.5 Å². The number of nitrogens with one attached hydrogen (secondary N) is 2. The monoisotopic (exact) mass is 438 g/mol. The van der Waals surface area contributed by atoms with Gasteiger partial charge in [0.15, 0.2) is 5.96 Å². The number of likely N-dealkylation sites (tertiary alicyclic amines) is 1. The van der Waals surface area contributed by atoms with E-state index in [1.54, 1.807) is 0 Å². The SMILES string of the molecule is CCNC(=NCC1(C)CCOC1)NC1CCN(C(=O)CC)C1.I. The number of hydrogen-bond donors (Lipinski definition) is 2. The molecule has 2 N–H and O–H groups in total. The Morgan fingerprint density at radius 3 is 2.83 bits per heavy atom. The van der Waals surface area contributed by atoms with Crippen molar-refractivity contribution in [2.45, 2.75) is 46.1 Å². The van der Waals surface area contributed by atoms with Gasteiger partial charge in [0.2, 0.25) is 5.91 Å². The summed E-state index contributed by atoms with van der Waals surface area (Å²) in [6, 6.07) is 0.293. The summed E-state index contributed by atoms with van der Waals surface area (Å²) in [7, 11) is 0. The average molecular weight is 438 g/mol. The fourth-order valence-electron chi connectivity index (χ4n) is 2.95. The quantitative estimate of drug-likeness (QED) is 0.389. The molecule has 2 heterocycles. The molecule has 2 rings (SSSR count). The van der Waals surface area contributed by atoms with Crippen molar-refractivity contribution in [1.82, 2.24) is 15.5 Å². The fraction of sp³-hybridized carbons (Fsp3) is 0.875. The molecule has 0 spiro atoms. The lowest BCUT2D eigenvalue weighted by atomic mass is 9.90. The summed E-state index contributed by atoms with van der Waals surface area (Å²) < 4.78 is 5.48. The molecule has 0 aromatic carbocycles. The van der Waals surface area contributed by atoms with Gasteiger partial charge in [0, 0.05) is 44.1 Å². The van der Waals surface area contributed by atoms with Crippen LogP contribution in [0, 0.1) is 5.41 Å². The summed E-state index contributed by atoms with van der Waals surface area (Å²) in [6.45, 7) is 11.1. The van der Waals surface area contributed by atoms with Gasteiger partial charge in [0.05, 0.1) is 13.2 Å². The molecule has 2 aliphatic rings. The second kappa shape index (κ2) is 9.66. The lowest BCUT2D eigenvalue weighted by molar-refractivity contribution is -0.129. The number of aliphatic imine (C=N–C) groups is 1. The van der Waals surface area contributed by atoms with Crippen LogP contribution in [0.4, 0.5) is 0 Å². The molecule has 0 aliphatic carbocycles. The van der Waals surface area contributed by atoms with Crippen molar-refractivity contribution in [3.05, 3.63) is 0 Å². The topological polar surface area (TPSA) is 66.0 Å². The normalized spacial score (nSPS) is 27.7. The molecule has 2 saturated heterocycles. The van der Waals surface area contributed by atoms with Gasteiger partial charge in [-0.15, -0.1) is 24.0 Å². The van der Waals surface area contributed by atoms with E-state index in [1.807, 2.05) is 11.8 Å². The molecule has 2 aliphatic heterocycles. The standard InChI is InChI=1S/C16H30N4O2.HI/c1-4-14(21)20-8-6-13(10-20)19-15(17-5-2)18-11-16(3)7-9-22-12-16;/h13H,4-12H2,1-3H3,(H2,17,18,19);1H. The van der Waals surface area contributed by atoms with Crippen molar-refractivity contribution < 1.29 is 9.53 Å². The van der Waals surface area contributed by atoms with Crippen molar-refractivity contribution >= 4 is 35.8 Å². The highest BCUT2D eigenvalue weighted by Gasteiger charge is 2.30. The van der Waals surface area contributed by atoms with E-state index in [-0.39, 0.29) is 35.3 Å². The highest BCUT2D eigenvalue weighted by molar-refractivity contribution is 14.0. The second-order valence-electron chi connectivity index (χ2n) is 6.63. The molecule has 0 radical (unpaired) electrons. The van der Waals surface area contributed by atoms with E-state index < -0.39 is 0 Å². The number of hydrogen-bond acceptors (Lipinski definition) is 3. The van der Waals surface area contributed by atoms with Gasteiger partial charge in [0.1, 0.15) is 0 Å². The van der Waals surface area contributed by atoms with Crippen LogP contribution < -0.4 is 10.6 Å². The van der Waals surface area contributed by atoms with E-state index in [0.717, 1.165) is 58.2 Å². The molecule has 0 saturated carbocycles. The minimum absolute atomic E-state index is 0. The molecule has 0 aromatic rings. The Labute approximate surface area is 156 Å². The van der Waals surface area contributed by atoms with E-state index >= 15 is 0 Å². The van der Waals surface area contributed by atoms with Gasteiger partial charge in [-0.2, -0.15) is 0 Å². The highest BCUT2D eigenvalue weighted by atomic mass is 127. The van der Waals surface area contributed by atoms with E-state index in [4.69, 9.17) is 9.73 Å². The third-order valence-electron chi connectivity index (χ3n) is 4.45. The molecule has 2 unspecified atom stereocenters. The lowest BCUT2D eigenvalue weighted by Gasteiger charge is -2.22. The zero-order chi connectivity index (χ0) is 16.0. The Morgan fingerprint density at radius 2 is 2.22 bits per heavy atom. The van der Waals surface area contributed by atoms with Gasteiger partial charge in [-0.1, -0.05) is 13.8 Å². The number of ether oxygens (including phenoxy) is 1. The third kappa shape index (κ3) is 6.10. The van der Waals surface area contributed by atoms with Crippen LogP contribution in [0.15, 0.2) is 4.99 Å². The van der Waals surface area contributed by atoms with Crippen molar-refractivity contribution in [3.63, 3.8) is 0 Å². The van der Waals surface area contributed by atoms with Crippen molar-refractivity contribution in [3.8, 4) is 0 Å². The molecule has 134 valence electrons. The number of rotatable bonds is 5. The van der Waals surface area contributed by atoms with Crippen LogP contribution >= 0.6 is 24.0 Å².